The molecule has 4 nitrogen and oxygen atoms in total. The summed E-state index contributed by atoms with van der Waals surface area (Å²) in [6, 6.07) is 1.87. The molecule has 1 aromatic rings. The molecule has 88 valence electrons. The number of aromatic nitrogens is 1. The Morgan fingerprint density at radius 2 is 1.81 bits per heavy atom. The summed E-state index contributed by atoms with van der Waals surface area (Å²) in [6.45, 7) is 6.72. The minimum absolute atomic E-state index is 0.454. The molecule has 1 aliphatic rings. The highest BCUT2D eigenvalue weighted by Gasteiger charge is 2.25. The molecule has 0 bridgehead atoms. The Bertz CT molecular complexity index is 377. The second kappa shape index (κ2) is 3.85. The number of hydrogen-bond acceptors (Lipinski definition) is 4. The topological polar surface area (TPSA) is 68.2 Å². The van der Waals surface area contributed by atoms with Crippen LogP contribution in [0.15, 0.2) is 12.3 Å². The van der Waals surface area contributed by atoms with Gasteiger partial charge in [0, 0.05) is 19.2 Å². The summed E-state index contributed by atoms with van der Waals surface area (Å²) in [5, 5.41) is 0. The van der Waals surface area contributed by atoms with E-state index in [9.17, 15) is 0 Å². The minimum atomic E-state index is 0.454. The molecule has 0 aromatic carbocycles. The first-order chi connectivity index (χ1) is 7.48. The van der Waals surface area contributed by atoms with Crippen LogP contribution in [0.1, 0.15) is 26.7 Å². The van der Waals surface area contributed by atoms with Crippen molar-refractivity contribution in [3.63, 3.8) is 0 Å². The largest absolute Gasteiger partial charge is 0.397 e. The summed E-state index contributed by atoms with van der Waals surface area (Å²) < 4.78 is 0. The van der Waals surface area contributed by atoms with Crippen LogP contribution in [0.25, 0.3) is 0 Å². The van der Waals surface area contributed by atoms with Gasteiger partial charge in [0.15, 0.2) is 0 Å². The van der Waals surface area contributed by atoms with Gasteiger partial charge in [-0.1, -0.05) is 13.8 Å². The Morgan fingerprint density at radius 3 is 2.38 bits per heavy atom. The zero-order chi connectivity index (χ0) is 11.8. The summed E-state index contributed by atoms with van der Waals surface area (Å²) in [7, 11) is 0. The van der Waals surface area contributed by atoms with Crippen LogP contribution in [0, 0.1) is 5.41 Å². The summed E-state index contributed by atoms with van der Waals surface area (Å²) in [5.41, 5.74) is 13.1. The van der Waals surface area contributed by atoms with E-state index in [1.807, 2.05) is 6.07 Å². The van der Waals surface area contributed by atoms with Crippen LogP contribution in [-0.2, 0) is 0 Å². The van der Waals surface area contributed by atoms with Gasteiger partial charge >= 0.3 is 0 Å². The molecule has 1 saturated heterocycles. The van der Waals surface area contributed by atoms with Crippen molar-refractivity contribution in [3.05, 3.63) is 12.3 Å². The zero-order valence-electron chi connectivity index (χ0n) is 10.0. The molecule has 0 unspecified atom stereocenters. The number of anilines is 3. The molecule has 0 radical (unpaired) electrons. The molecule has 2 rings (SSSR count). The Labute approximate surface area is 96.6 Å². The molecule has 1 aromatic heterocycles. The van der Waals surface area contributed by atoms with E-state index in [4.69, 9.17) is 11.5 Å². The number of piperidine rings is 1. The Balaban J connectivity index is 2.11. The van der Waals surface area contributed by atoms with Gasteiger partial charge in [0.1, 0.15) is 5.82 Å². The fourth-order valence-electron chi connectivity index (χ4n) is 1.98. The number of hydrogen-bond donors (Lipinski definition) is 2. The Kier molecular flexibility index (Phi) is 2.66. The molecule has 0 amide bonds. The smallest absolute Gasteiger partial charge is 0.130 e. The molecular formula is C12H20N4. The highest BCUT2D eigenvalue weighted by Crippen LogP contribution is 2.32. The lowest BCUT2D eigenvalue weighted by atomic mass is 9.83. The van der Waals surface area contributed by atoms with Gasteiger partial charge in [0.25, 0.3) is 0 Å². The molecule has 0 spiro atoms. The molecule has 0 atom stereocenters. The van der Waals surface area contributed by atoms with Gasteiger partial charge in [-0.05, 0) is 18.3 Å². The lowest BCUT2D eigenvalue weighted by molar-refractivity contribution is 0.279. The Morgan fingerprint density at radius 1 is 1.19 bits per heavy atom. The minimum Gasteiger partial charge on any atom is -0.397 e. The van der Waals surface area contributed by atoms with Gasteiger partial charge in [-0.2, -0.15) is 0 Å². The number of pyridine rings is 1. The van der Waals surface area contributed by atoms with Crippen LogP contribution in [0.4, 0.5) is 17.2 Å². The molecule has 16 heavy (non-hydrogen) atoms. The van der Waals surface area contributed by atoms with Gasteiger partial charge in [0.05, 0.1) is 17.6 Å². The normalized spacial score (nSPS) is 19.8. The van der Waals surface area contributed by atoms with Crippen molar-refractivity contribution >= 4 is 17.2 Å². The lowest BCUT2D eigenvalue weighted by Crippen LogP contribution is -2.37. The summed E-state index contributed by atoms with van der Waals surface area (Å²) in [5.74, 6) is 0.946. The number of nitrogens with two attached hydrogens (primary N) is 2. The summed E-state index contributed by atoms with van der Waals surface area (Å²) >= 11 is 0. The lowest BCUT2D eigenvalue weighted by Gasteiger charge is -2.37. The van der Waals surface area contributed by atoms with E-state index in [1.165, 1.54) is 12.8 Å². The van der Waals surface area contributed by atoms with Gasteiger partial charge < -0.3 is 16.4 Å². The number of nitrogen functional groups attached to an aromatic ring is 2. The SMILES string of the molecule is CC1(C)CCN(c2cc(N)c(N)cn2)CC1. The average Bonchev–Trinajstić information content (AvgIpc) is 2.22. The van der Waals surface area contributed by atoms with Crippen molar-refractivity contribution in [2.24, 2.45) is 5.41 Å². The second-order valence-corrected chi connectivity index (χ2v) is 5.32. The van der Waals surface area contributed by atoms with Crippen molar-refractivity contribution in [2.75, 3.05) is 29.5 Å². The fraction of sp³-hybridized carbons (Fsp3) is 0.583. The van der Waals surface area contributed by atoms with E-state index in [0.29, 0.717) is 16.8 Å². The maximum Gasteiger partial charge on any atom is 0.130 e. The van der Waals surface area contributed by atoms with Gasteiger partial charge in [-0.15, -0.1) is 0 Å². The Hall–Kier alpha value is -1.45. The van der Waals surface area contributed by atoms with Gasteiger partial charge in [-0.3, -0.25) is 0 Å². The first kappa shape index (κ1) is 11.0. The van der Waals surface area contributed by atoms with E-state index < -0.39 is 0 Å². The van der Waals surface area contributed by atoms with Crippen molar-refractivity contribution in [1.29, 1.82) is 0 Å². The van der Waals surface area contributed by atoms with Crippen LogP contribution in [0.3, 0.4) is 0 Å². The predicted molar refractivity (Wildman–Crippen MR) is 68.3 cm³/mol. The maximum atomic E-state index is 5.79. The van der Waals surface area contributed by atoms with E-state index in [-0.39, 0.29) is 0 Å². The highest BCUT2D eigenvalue weighted by atomic mass is 15.2. The third-order valence-corrected chi connectivity index (χ3v) is 3.39. The fourth-order valence-corrected chi connectivity index (χ4v) is 1.98. The van der Waals surface area contributed by atoms with Crippen LogP contribution in [0.2, 0.25) is 0 Å². The average molecular weight is 220 g/mol. The number of nitrogens with zero attached hydrogens (tertiary/aromatic N) is 2. The summed E-state index contributed by atoms with van der Waals surface area (Å²) in [6.07, 6.45) is 4.03. The first-order valence-electron chi connectivity index (χ1n) is 5.74. The van der Waals surface area contributed by atoms with Crippen LogP contribution in [0.5, 0.6) is 0 Å². The number of rotatable bonds is 1. The molecule has 1 aliphatic heterocycles. The molecular weight excluding hydrogens is 200 g/mol. The second-order valence-electron chi connectivity index (χ2n) is 5.32. The van der Waals surface area contributed by atoms with Crippen LogP contribution < -0.4 is 16.4 Å². The highest BCUT2D eigenvalue weighted by molar-refractivity contribution is 5.66. The van der Waals surface area contributed by atoms with Crippen LogP contribution in [-0.4, -0.2) is 18.1 Å². The predicted octanol–water partition coefficient (Wildman–Crippen LogP) is 1.87. The quantitative estimate of drug-likeness (QED) is 0.758. The first-order valence-corrected chi connectivity index (χ1v) is 5.74. The van der Waals surface area contributed by atoms with Crippen molar-refractivity contribution in [2.45, 2.75) is 26.7 Å². The molecule has 4 heteroatoms. The maximum absolute atomic E-state index is 5.79. The molecule has 0 saturated carbocycles. The van der Waals surface area contributed by atoms with E-state index in [2.05, 4.69) is 23.7 Å². The third kappa shape index (κ3) is 2.21. The van der Waals surface area contributed by atoms with E-state index in [1.54, 1.807) is 6.20 Å². The van der Waals surface area contributed by atoms with Crippen molar-refractivity contribution < 1.29 is 0 Å². The van der Waals surface area contributed by atoms with E-state index in [0.717, 1.165) is 18.9 Å². The van der Waals surface area contributed by atoms with Gasteiger partial charge in [0.2, 0.25) is 0 Å². The van der Waals surface area contributed by atoms with Crippen molar-refractivity contribution in [1.82, 2.24) is 4.98 Å². The summed E-state index contributed by atoms with van der Waals surface area (Å²) in [4.78, 5) is 6.61. The van der Waals surface area contributed by atoms with Crippen LogP contribution >= 0.6 is 0 Å². The standard InChI is InChI=1S/C12H20N4/c1-12(2)3-5-16(6-4-12)11-7-9(13)10(14)8-15-11/h7-8H,3-6,14H2,1-2H3,(H2,13,15). The zero-order valence-corrected chi connectivity index (χ0v) is 10.0. The molecule has 2 heterocycles. The monoisotopic (exact) mass is 220 g/mol. The van der Waals surface area contributed by atoms with E-state index >= 15 is 0 Å². The molecule has 1 fully saturated rings. The molecule has 4 N–H and O–H groups in total. The van der Waals surface area contributed by atoms with Gasteiger partial charge in [-0.25, -0.2) is 4.98 Å². The molecule has 0 aliphatic carbocycles. The van der Waals surface area contributed by atoms with Crippen molar-refractivity contribution in [3.8, 4) is 0 Å². The third-order valence-electron chi connectivity index (χ3n) is 3.39.